The Morgan fingerprint density at radius 3 is 2.12 bits per heavy atom. The molecule has 0 bridgehead atoms. The lowest BCUT2D eigenvalue weighted by Gasteiger charge is -2.29. The lowest BCUT2D eigenvalue weighted by atomic mass is 10.2. The van der Waals surface area contributed by atoms with Gasteiger partial charge in [0.15, 0.2) is 5.82 Å². The standard InChI is InChI=1S/C22H23ClN6O4S/c1-14-19(23)27-20(28-21(14)29-10-12-33-13-11-29)15-2-4-16(5-3-15)25-22(30)26-17-6-8-18(9-7-17)34(24,31)32/h2-9H,10-13H2,1H3,(H2,24,31,32)(H2,25,26,30). The number of hydrogen-bond acceptors (Lipinski definition) is 7. The van der Waals surface area contributed by atoms with E-state index in [0.29, 0.717) is 35.6 Å². The lowest BCUT2D eigenvalue weighted by Crippen LogP contribution is -2.37. The van der Waals surface area contributed by atoms with Crippen molar-refractivity contribution < 1.29 is 17.9 Å². The van der Waals surface area contributed by atoms with Gasteiger partial charge < -0.3 is 20.3 Å². The minimum atomic E-state index is -3.79. The van der Waals surface area contributed by atoms with Gasteiger partial charge in [0.25, 0.3) is 0 Å². The number of carbonyl (C=O) groups excluding carboxylic acids is 1. The zero-order valence-electron chi connectivity index (χ0n) is 18.3. The molecular weight excluding hydrogens is 480 g/mol. The first-order chi connectivity index (χ1) is 16.2. The Balaban J connectivity index is 1.45. The van der Waals surface area contributed by atoms with Crippen molar-refractivity contribution in [1.82, 2.24) is 9.97 Å². The second kappa shape index (κ2) is 9.94. The predicted octanol–water partition coefficient (Wildman–Crippen LogP) is 3.23. The fourth-order valence-electron chi connectivity index (χ4n) is 3.41. The van der Waals surface area contributed by atoms with Crippen LogP contribution in [0.5, 0.6) is 0 Å². The van der Waals surface area contributed by atoms with Crippen molar-refractivity contribution in [3.63, 3.8) is 0 Å². The molecule has 4 rings (SSSR count). The number of sulfonamides is 1. The van der Waals surface area contributed by atoms with Gasteiger partial charge in [-0.05, 0) is 55.5 Å². The average Bonchev–Trinajstić information content (AvgIpc) is 2.81. The van der Waals surface area contributed by atoms with Crippen LogP contribution in [-0.4, -0.2) is 50.7 Å². The average molecular weight is 503 g/mol. The van der Waals surface area contributed by atoms with Gasteiger partial charge in [-0.25, -0.2) is 28.3 Å². The Hall–Kier alpha value is -3.25. The normalized spacial score (nSPS) is 14.0. The third-order valence-electron chi connectivity index (χ3n) is 5.21. The SMILES string of the molecule is Cc1c(Cl)nc(-c2ccc(NC(=O)Nc3ccc(S(N)(=O)=O)cc3)cc2)nc1N1CCOCC1. The van der Waals surface area contributed by atoms with Crippen molar-refractivity contribution in [2.75, 3.05) is 41.8 Å². The van der Waals surface area contributed by atoms with Crippen molar-refractivity contribution in [3.8, 4) is 11.4 Å². The first-order valence-electron chi connectivity index (χ1n) is 10.4. The van der Waals surface area contributed by atoms with Crippen LogP contribution in [0.2, 0.25) is 5.15 Å². The number of amides is 2. The monoisotopic (exact) mass is 502 g/mol. The second-order valence-electron chi connectivity index (χ2n) is 7.61. The number of rotatable bonds is 5. The zero-order valence-corrected chi connectivity index (χ0v) is 19.9. The molecule has 1 aliphatic heterocycles. The highest BCUT2D eigenvalue weighted by atomic mass is 35.5. The number of nitrogens with one attached hydrogen (secondary N) is 2. The maximum atomic E-state index is 12.3. The summed E-state index contributed by atoms with van der Waals surface area (Å²) in [5.74, 6) is 1.27. The van der Waals surface area contributed by atoms with Gasteiger partial charge in [0.1, 0.15) is 11.0 Å². The first kappa shape index (κ1) is 23.9. The van der Waals surface area contributed by atoms with Crippen LogP contribution in [0.25, 0.3) is 11.4 Å². The molecule has 1 aromatic heterocycles. The smallest absolute Gasteiger partial charge is 0.323 e. The Bertz CT molecular complexity index is 1290. The molecule has 3 aromatic rings. The highest BCUT2D eigenvalue weighted by molar-refractivity contribution is 7.89. The van der Waals surface area contributed by atoms with Crippen molar-refractivity contribution in [1.29, 1.82) is 0 Å². The number of benzene rings is 2. The second-order valence-corrected chi connectivity index (χ2v) is 9.53. The van der Waals surface area contributed by atoms with Gasteiger partial charge in [0.2, 0.25) is 10.0 Å². The Labute approximate surface area is 202 Å². The lowest BCUT2D eigenvalue weighted by molar-refractivity contribution is 0.122. The Morgan fingerprint density at radius 2 is 1.56 bits per heavy atom. The van der Waals surface area contributed by atoms with E-state index < -0.39 is 16.1 Å². The molecule has 0 spiro atoms. The number of morpholine rings is 1. The van der Waals surface area contributed by atoms with E-state index in [1.807, 2.05) is 6.92 Å². The topological polar surface area (TPSA) is 140 Å². The molecular formula is C22H23ClN6O4S. The van der Waals surface area contributed by atoms with Crippen LogP contribution in [0.1, 0.15) is 5.56 Å². The number of primary sulfonamides is 1. The molecule has 178 valence electrons. The number of hydrogen-bond donors (Lipinski definition) is 3. The summed E-state index contributed by atoms with van der Waals surface area (Å²) in [6, 6.07) is 12.1. The molecule has 0 aliphatic carbocycles. The molecule has 0 unspecified atom stereocenters. The maximum Gasteiger partial charge on any atom is 0.323 e. The fourth-order valence-corrected chi connectivity index (χ4v) is 4.09. The largest absolute Gasteiger partial charge is 0.378 e. The number of urea groups is 1. The highest BCUT2D eigenvalue weighted by Gasteiger charge is 2.19. The van der Waals surface area contributed by atoms with Crippen molar-refractivity contribution in [3.05, 3.63) is 59.2 Å². The summed E-state index contributed by atoms with van der Waals surface area (Å²) in [4.78, 5) is 23.5. The van der Waals surface area contributed by atoms with Crippen LogP contribution in [0.3, 0.4) is 0 Å². The first-order valence-corrected chi connectivity index (χ1v) is 12.3. The van der Waals surface area contributed by atoms with E-state index in [9.17, 15) is 13.2 Å². The van der Waals surface area contributed by atoms with Crippen LogP contribution >= 0.6 is 11.6 Å². The molecule has 0 radical (unpaired) electrons. The van der Waals surface area contributed by atoms with Crippen LogP contribution in [0.15, 0.2) is 53.4 Å². The van der Waals surface area contributed by atoms with E-state index in [1.165, 1.54) is 24.3 Å². The van der Waals surface area contributed by atoms with E-state index in [4.69, 9.17) is 26.5 Å². The summed E-state index contributed by atoms with van der Waals surface area (Å²) in [5.41, 5.74) is 2.54. The summed E-state index contributed by atoms with van der Waals surface area (Å²) in [7, 11) is -3.79. The van der Waals surface area contributed by atoms with Gasteiger partial charge in [0, 0.05) is 35.6 Å². The minimum absolute atomic E-state index is 0.0377. The van der Waals surface area contributed by atoms with E-state index >= 15 is 0 Å². The summed E-state index contributed by atoms with van der Waals surface area (Å²) in [6.45, 7) is 4.63. The molecule has 4 N–H and O–H groups in total. The van der Waals surface area contributed by atoms with Crippen LogP contribution in [-0.2, 0) is 14.8 Å². The van der Waals surface area contributed by atoms with Gasteiger partial charge in [-0.3, -0.25) is 0 Å². The quantitative estimate of drug-likeness (QED) is 0.455. The third-order valence-corrected chi connectivity index (χ3v) is 6.51. The van der Waals surface area contributed by atoms with Crippen molar-refractivity contribution in [2.24, 2.45) is 5.14 Å². The molecule has 1 fully saturated rings. The summed E-state index contributed by atoms with van der Waals surface area (Å²) in [6.07, 6.45) is 0. The number of nitrogens with zero attached hydrogens (tertiary/aromatic N) is 3. The molecule has 0 atom stereocenters. The molecule has 2 amide bonds. The van der Waals surface area contributed by atoms with E-state index in [-0.39, 0.29) is 4.90 Å². The van der Waals surface area contributed by atoms with E-state index in [1.54, 1.807) is 24.3 Å². The summed E-state index contributed by atoms with van der Waals surface area (Å²) < 4.78 is 28.1. The predicted molar refractivity (Wildman–Crippen MR) is 131 cm³/mol. The van der Waals surface area contributed by atoms with Gasteiger partial charge in [0.05, 0.1) is 18.1 Å². The Morgan fingerprint density at radius 1 is 1.00 bits per heavy atom. The summed E-state index contributed by atoms with van der Waals surface area (Å²) in [5, 5.41) is 10.8. The zero-order chi connectivity index (χ0) is 24.3. The fraction of sp³-hybridized carbons (Fsp3) is 0.227. The van der Waals surface area contributed by atoms with Crippen LogP contribution in [0, 0.1) is 6.92 Å². The number of aromatic nitrogens is 2. The molecule has 1 saturated heterocycles. The van der Waals surface area contributed by atoms with Gasteiger partial charge >= 0.3 is 6.03 Å². The number of ether oxygens (including phenoxy) is 1. The number of carbonyl (C=O) groups is 1. The van der Waals surface area contributed by atoms with E-state index in [2.05, 4.69) is 20.5 Å². The molecule has 2 heterocycles. The molecule has 2 aromatic carbocycles. The third kappa shape index (κ3) is 5.62. The molecule has 0 saturated carbocycles. The Kier molecular flexibility index (Phi) is 6.98. The maximum absolute atomic E-state index is 12.3. The number of anilines is 3. The van der Waals surface area contributed by atoms with Crippen molar-refractivity contribution >= 4 is 44.8 Å². The number of halogens is 1. The summed E-state index contributed by atoms with van der Waals surface area (Å²) >= 11 is 6.39. The highest BCUT2D eigenvalue weighted by Crippen LogP contribution is 2.28. The van der Waals surface area contributed by atoms with Crippen LogP contribution < -0.4 is 20.7 Å². The molecule has 34 heavy (non-hydrogen) atoms. The van der Waals surface area contributed by atoms with E-state index in [0.717, 1.165) is 30.0 Å². The molecule has 1 aliphatic rings. The molecule has 10 nitrogen and oxygen atoms in total. The molecule has 12 heteroatoms. The van der Waals surface area contributed by atoms with Gasteiger partial charge in [-0.15, -0.1) is 0 Å². The van der Waals surface area contributed by atoms with Crippen molar-refractivity contribution in [2.45, 2.75) is 11.8 Å². The minimum Gasteiger partial charge on any atom is -0.378 e. The van der Waals surface area contributed by atoms with Gasteiger partial charge in [-0.2, -0.15) is 0 Å². The van der Waals surface area contributed by atoms with Gasteiger partial charge in [-0.1, -0.05) is 11.6 Å². The van der Waals surface area contributed by atoms with Crippen LogP contribution in [0.4, 0.5) is 22.0 Å². The number of nitrogens with two attached hydrogens (primary N) is 1.